The molecule has 2 aliphatic rings. The highest BCUT2D eigenvalue weighted by Crippen LogP contribution is 2.69. The second kappa shape index (κ2) is 3.14. The largest absolute Gasteiger partial charge is 0.385 e. The Bertz CT molecular complexity index is 436. The predicted octanol–water partition coefficient (Wildman–Crippen LogP) is 3.72. The summed E-state index contributed by atoms with van der Waals surface area (Å²) in [5.74, 6) is 0.665. The van der Waals surface area contributed by atoms with Gasteiger partial charge in [0.05, 0.1) is 5.60 Å². The molecule has 2 fully saturated rings. The average Bonchev–Trinajstić information content (AvgIpc) is 2.65. The van der Waals surface area contributed by atoms with Crippen LogP contribution >= 0.6 is 0 Å². The van der Waals surface area contributed by atoms with Crippen molar-refractivity contribution in [1.29, 1.82) is 0 Å². The number of hydrogen-bond donors (Lipinski definition) is 1. The molecule has 0 aliphatic heterocycles. The van der Waals surface area contributed by atoms with E-state index < -0.39 is 5.60 Å². The fourth-order valence-electron chi connectivity index (χ4n) is 4.49. The second-order valence-corrected chi connectivity index (χ2v) is 7.06. The Labute approximate surface area is 104 Å². The minimum Gasteiger partial charge on any atom is -0.385 e. The van der Waals surface area contributed by atoms with Gasteiger partial charge >= 0.3 is 0 Å². The summed E-state index contributed by atoms with van der Waals surface area (Å²) in [7, 11) is 0. The zero-order chi connectivity index (χ0) is 12.3. The van der Waals surface area contributed by atoms with Gasteiger partial charge in [0.2, 0.25) is 0 Å². The maximum atomic E-state index is 11.1. The summed E-state index contributed by atoms with van der Waals surface area (Å²) in [5.41, 5.74) is 0.965. The van der Waals surface area contributed by atoms with Gasteiger partial charge in [-0.15, -0.1) is 0 Å². The first-order valence-electron chi connectivity index (χ1n) is 6.65. The first-order chi connectivity index (χ1) is 7.87. The van der Waals surface area contributed by atoms with Crippen molar-refractivity contribution in [2.24, 2.45) is 16.7 Å². The Balaban J connectivity index is 2.03. The molecule has 17 heavy (non-hydrogen) atoms. The van der Waals surface area contributed by atoms with Crippen LogP contribution < -0.4 is 0 Å². The summed E-state index contributed by atoms with van der Waals surface area (Å²) in [6.45, 7) is 6.98. The molecule has 1 nitrogen and oxygen atoms in total. The third-order valence-corrected chi connectivity index (χ3v) is 5.44. The topological polar surface area (TPSA) is 20.2 Å². The fraction of sp³-hybridized carbons (Fsp3) is 0.625. The maximum Gasteiger partial charge on any atom is 0.0952 e. The van der Waals surface area contributed by atoms with Crippen molar-refractivity contribution >= 4 is 0 Å². The van der Waals surface area contributed by atoms with E-state index in [1.54, 1.807) is 0 Å². The van der Waals surface area contributed by atoms with E-state index in [0.717, 1.165) is 18.4 Å². The number of fused-ring (bicyclic) bond motifs is 2. The van der Waals surface area contributed by atoms with Crippen LogP contribution in [0.2, 0.25) is 0 Å². The molecule has 2 bridgehead atoms. The van der Waals surface area contributed by atoms with Crippen molar-refractivity contribution < 1.29 is 5.11 Å². The van der Waals surface area contributed by atoms with Crippen LogP contribution in [0, 0.1) is 16.7 Å². The Morgan fingerprint density at radius 3 is 2.18 bits per heavy atom. The van der Waals surface area contributed by atoms with E-state index in [0.29, 0.717) is 11.3 Å². The molecule has 92 valence electrons. The van der Waals surface area contributed by atoms with Crippen LogP contribution in [0.15, 0.2) is 30.3 Å². The lowest BCUT2D eigenvalue weighted by Gasteiger charge is -2.46. The molecule has 0 heterocycles. The van der Waals surface area contributed by atoms with E-state index in [2.05, 4.69) is 32.9 Å². The highest BCUT2D eigenvalue weighted by Gasteiger charge is 2.64. The summed E-state index contributed by atoms with van der Waals surface area (Å²) >= 11 is 0. The standard InChI is InChI=1S/C16H22O/c1-14(2)11-15(3)9-13(14)10-16(15,17)12-7-5-4-6-8-12/h4-8,13,17H,9-11H2,1-3H3/t13-,15+,16-/m0/s1. The molecule has 0 spiro atoms. The third-order valence-electron chi connectivity index (χ3n) is 5.44. The molecule has 0 unspecified atom stereocenters. The molecule has 1 N–H and O–H groups in total. The predicted molar refractivity (Wildman–Crippen MR) is 69.6 cm³/mol. The van der Waals surface area contributed by atoms with E-state index in [4.69, 9.17) is 0 Å². The van der Waals surface area contributed by atoms with Gasteiger partial charge in [-0.25, -0.2) is 0 Å². The molecule has 1 heteroatoms. The molecule has 0 radical (unpaired) electrons. The van der Waals surface area contributed by atoms with Crippen LogP contribution in [0.25, 0.3) is 0 Å². The molecule has 2 saturated carbocycles. The van der Waals surface area contributed by atoms with Gasteiger partial charge in [-0.2, -0.15) is 0 Å². The first-order valence-corrected chi connectivity index (χ1v) is 6.65. The number of rotatable bonds is 1. The van der Waals surface area contributed by atoms with Crippen molar-refractivity contribution in [3.8, 4) is 0 Å². The van der Waals surface area contributed by atoms with Gasteiger partial charge < -0.3 is 5.11 Å². The zero-order valence-electron chi connectivity index (χ0n) is 11.0. The molecule has 3 atom stereocenters. The number of hydrogen-bond acceptors (Lipinski definition) is 1. The fourth-order valence-corrected chi connectivity index (χ4v) is 4.49. The third kappa shape index (κ3) is 1.35. The maximum absolute atomic E-state index is 11.1. The molecule has 0 saturated heterocycles. The van der Waals surface area contributed by atoms with E-state index in [1.807, 2.05) is 18.2 Å². The van der Waals surface area contributed by atoms with Crippen LogP contribution in [0.1, 0.15) is 45.6 Å². The van der Waals surface area contributed by atoms with Crippen LogP contribution in [0.5, 0.6) is 0 Å². The first kappa shape index (κ1) is 11.3. The van der Waals surface area contributed by atoms with E-state index in [-0.39, 0.29) is 5.41 Å². The van der Waals surface area contributed by atoms with Gasteiger partial charge in [0.1, 0.15) is 0 Å². The van der Waals surface area contributed by atoms with E-state index in [1.165, 1.54) is 6.42 Å². The van der Waals surface area contributed by atoms with Crippen LogP contribution in [0.3, 0.4) is 0 Å². The van der Waals surface area contributed by atoms with Gasteiger partial charge in [-0.3, -0.25) is 0 Å². The second-order valence-electron chi connectivity index (χ2n) is 7.06. The highest BCUT2D eigenvalue weighted by molar-refractivity contribution is 5.30. The summed E-state index contributed by atoms with van der Waals surface area (Å²) < 4.78 is 0. The summed E-state index contributed by atoms with van der Waals surface area (Å²) in [5, 5.41) is 11.1. The van der Waals surface area contributed by atoms with Crippen LogP contribution in [0.4, 0.5) is 0 Å². The monoisotopic (exact) mass is 230 g/mol. The molecular formula is C16H22O. The smallest absolute Gasteiger partial charge is 0.0952 e. The molecular weight excluding hydrogens is 208 g/mol. The van der Waals surface area contributed by atoms with Crippen molar-refractivity contribution in [2.45, 2.75) is 45.6 Å². The van der Waals surface area contributed by atoms with Gasteiger partial charge in [0.25, 0.3) is 0 Å². The van der Waals surface area contributed by atoms with Gasteiger partial charge in [0.15, 0.2) is 0 Å². The molecule has 1 aromatic rings. The van der Waals surface area contributed by atoms with Crippen molar-refractivity contribution in [2.75, 3.05) is 0 Å². The van der Waals surface area contributed by atoms with E-state index in [9.17, 15) is 5.11 Å². The van der Waals surface area contributed by atoms with Gasteiger partial charge in [0, 0.05) is 5.41 Å². The summed E-state index contributed by atoms with van der Waals surface area (Å²) in [4.78, 5) is 0. The quantitative estimate of drug-likeness (QED) is 0.779. The minimum atomic E-state index is -0.603. The number of aliphatic hydroxyl groups is 1. The lowest BCUT2D eigenvalue weighted by molar-refractivity contribution is -0.0926. The highest BCUT2D eigenvalue weighted by atomic mass is 16.3. The molecule has 2 aliphatic carbocycles. The molecule has 0 amide bonds. The lowest BCUT2D eigenvalue weighted by Crippen LogP contribution is -2.43. The normalized spacial score (nSPS) is 42.9. The molecule has 0 aromatic heterocycles. The average molecular weight is 230 g/mol. The van der Waals surface area contributed by atoms with Crippen molar-refractivity contribution in [1.82, 2.24) is 0 Å². The van der Waals surface area contributed by atoms with E-state index >= 15 is 0 Å². The Kier molecular flexibility index (Phi) is 2.08. The molecule has 3 rings (SSSR count). The van der Waals surface area contributed by atoms with Gasteiger partial charge in [-0.05, 0) is 36.2 Å². The summed E-state index contributed by atoms with van der Waals surface area (Å²) in [6, 6.07) is 10.3. The van der Waals surface area contributed by atoms with Gasteiger partial charge in [-0.1, -0.05) is 51.1 Å². The Hall–Kier alpha value is -0.820. The summed E-state index contributed by atoms with van der Waals surface area (Å²) in [6.07, 6.45) is 3.24. The van der Waals surface area contributed by atoms with Crippen molar-refractivity contribution in [3.63, 3.8) is 0 Å². The number of benzene rings is 1. The Morgan fingerprint density at radius 1 is 1.06 bits per heavy atom. The Morgan fingerprint density at radius 2 is 1.71 bits per heavy atom. The zero-order valence-corrected chi connectivity index (χ0v) is 11.0. The SMILES string of the molecule is CC1(C)C[C@@]2(C)C[C@H]1C[C@]2(O)c1ccccc1. The van der Waals surface area contributed by atoms with Crippen LogP contribution in [-0.4, -0.2) is 5.11 Å². The molecule has 1 aromatic carbocycles. The van der Waals surface area contributed by atoms with Crippen molar-refractivity contribution in [3.05, 3.63) is 35.9 Å². The lowest BCUT2D eigenvalue weighted by atomic mass is 9.63. The van der Waals surface area contributed by atoms with Crippen LogP contribution in [-0.2, 0) is 5.60 Å². The minimum absolute atomic E-state index is 0.0581.